The van der Waals surface area contributed by atoms with Crippen LogP contribution in [0.1, 0.15) is 45.4 Å². The minimum absolute atomic E-state index is 0.0942. The predicted octanol–water partition coefficient (Wildman–Crippen LogP) is 1.91. The average molecular weight is 239 g/mol. The zero-order chi connectivity index (χ0) is 13.1. The fourth-order valence-electron chi connectivity index (χ4n) is 1.86. The Labute approximate surface area is 104 Å². The molecule has 1 aromatic rings. The third-order valence-electron chi connectivity index (χ3n) is 2.84. The molecule has 2 N–H and O–H groups in total. The van der Waals surface area contributed by atoms with E-state index < -0.39 is 0 Å². The number of aromatic amines is 1. The highest BCUT2D eigenvalue weighted by atomic mass is 16.3. The average Bonchev–Trinajstić information content (AvgIpc) is 2.62. The van der Waals surface area contributed by atoms with Crippen molar-refractivity contribution in [2.45, 2.75) is 52.2 Å². The Morgan fingerprint density at radius 2 is 2.12 bits per heavy atom. The van der Waals surface area contributed by atoms with Gasteiger partial charge in [0.1, 0.15) is 0 Å². The van der Waals surface area contributed by atoms with E-state index in [1.54, 1.807) is 0 Å². The van der Waals surface area contributed by atoms with E-state index in [9.17, 15) is 5.11 Å². The molecule has 98 valence electrons. The van der Waals surface area contributed by atoms with Crippen LogP contribution < -0.4 is 0 Å². The number of aliphatic hydroxyl groups is 1. The van der Waals surface area contributed by atoms with Crippen molar-refractivity contribution in [3.05, 3.63) is 17.5 Å². The summed E-state index contributed by atoms with van der Waals surface area (Å²) in [6, 6.07) is 0. The number of nitrogens with zero attached hydrogens (tertiary/aromatic N) is 2. The molecule has 1 atom stereocenters. The molecule has 1 unspecified atom stereocenters. The van der Waals surface area contributed by atoms with Crippen LogP contribution in [0.25, 0.3) is 0 Å². The SMILES string of the molecule is CC(O)CCN(C)Cc1cn[nH]c1C(C)(C)C. The molecule has 1 rings (SSSR count). The lowest BCUT2D eigenvalue weighted by Crippen LogP contribution is -2.24. The fourth-order valence-corrected chi connectivity index (χ4v) is 1.86. The second kappa shape index (κ2) is 5.65. The Bertz CT molecular complexity index is 339. The van der Waals surface area contributed by atoms with Crippen molar-refractivity contribution in [1.82, 2.24) is 15.1 Å². The van der Waals surface area contributed by atoms with E-state index in [1.807, 2.05) is 13.1 Å². The van der Waals surface area contributed by atoms with Gasteiger partial charge in [0.05, 0.1) is 12.3 Å². The molecule has 1 aromatic heterocycles. The largest absolute Gasteiger partial charge is 0.393 e. The first-order valence-corrected chi connectivity index (χ1v) is 6.20. The number of H-pyrrole nitrogens is 1. The van der Waals surface area contributed by atoms with Crippen molar-refractivity contribution < 1.29 is 5.11 Å². The molecule has 0 fully saturated rings. The van der Waals surface area contributed by atoms with E-state index in [0.29, 0.717) is 0 Å². The number of hydrogen-bond acceptors (Lipinski definition) is 3. The number of aliphatic hydroxyl groups excluding tert-OH is 1. The van der Waals surface area contributed by atoms with Crippen molar-refractivity contribution in [1.29, 1.82) is 0 Å². The highest BCUT2D eigenvalue weighted by molar-refractivity contribution is 5.23. The van der Waals surface area contributed by atoms with Crippen molar-refractivity contribution in [2.24, 2.45) is 0 Å². The molecule has 17 heavy (non-hydrogen) atoms. The van der Waals surface area contributed by atoms with Crippen LogP contribution in [0.4, 0.5) is 0 Å². The number of rotatable bonds is 5. The molecule has 0 aliphatic rings. The third-order valence-corrected chi connectivity index (χ3v) is 2.84. The van der Waals surface area contributed by atoms with Crippen LogP contribution in [0.3, 0.4) is 0 Å². The van der Waals surface area contributed by atoms with Gasteiger partial charge < -0.3 is 10.0 Å². The van der Waals surface area contributed by atoms with Gasteiger partial charge in [-0.05, 0) is 20.4 Å². The monoisotopic (exact) mass is 239 g/mol. The first kappa shape index (κ1) is 14.2. The molecule has 0 aromatic carbocycles. The lowest BCUT2D eigenvalue weighted by Gasteiger charge is -2.22. The van der Waals surface area contributed by atoms with Crippen LogP contribution in [0.15, 0.2) is 6.20 Å². The molecule has 0 bridgehead atoms. The van der Waals surface area contributed by atoms with Gasteiger partial charge in [0.25, 0.3) is 0 Å². The minimum Gasteiger partial charge on any atom is -0.393 e. The molecule has 0 saturated carbocycles. The molecule has 4 heteroatoms. The highest BCUT2D eigenvalue weighted by Crippen LogP contribution is 2.24. The van der Waals surface area contributed by atoms with E-state index in [0.717, 1.165) is 19.5 Å². The first-order valence-electron chi connectivity index (χ1n) is 6.20. The molecular weight excluding hydrogens is 214 g/mol. The summed E-state index contributed by atoms with van der Waals surface area (Å²) < 4.78 is 0. The van der Waals surface area contributed by atoms with Crippen LogP contribution in [0.2, 0.25) is 0 Å². The van der Waals surface area contributed by atoms with Gasteiger partial charge >= 0.3 is 0 Å². The van der Waals surface area contributed by atoms with E-state index in [-0.39, 0.29) is 11.5 Å². The minimum atomic E-state index is -0.233. The van der Waals surface area contributed by atoms with Crippen molar-refractivity contribution >= 4 is 0 Å². The lowest BCUT2D eigenvalue weighted by molar-refractivity contribution is 0.162. The number of nitrogens with one attached hydrogen (secondary N) is 1. The zero-order valence-electron chi connectivity index (χ0n) is 11.6. The van der Waals surface area contributed by atoms with Crippen LogP contribution >= 0.6 is 0 Å². The Kier molecular flexibility index (Phi) is 4.71. The maximum atomic E-state index is 9.27. The lowest BCUT2D eigenvalue weighted by atomic mass is 9.89. The van der Waals surface area contributed by atoms with Crippen LogP contribution in [-0.4, -0.2) is 39.9 Å². The second-order valence-corrected chi connectivity index (χ2v) is 5.90. The Morgan fingerprint density at radius 3 is 2.65 bits per heavy atom. The molecular formula is C13H25N3O. The molecule has 0 radical (unpaired) electrons. The summed E-state index contributed by atoms with van der Waals surface area (Å²) in [6.07, 6.45) is 2.47. The quantitative estimate of drug-likeness (QED) is 0.825. The van der Waals surface area contributed by atoms with Crippen molar-refractivity contribution in [3.8, 4) is 0 Å². The second-order valence-electron chi connectivity index (χ2n) is 5.90. The summed E-state index contributed by atoms with van der Waals surface area (Å²) in [5.41, 5.74) is 2.53. The van der Waals surface area contributed by atoms with E-state index in [2.05, 4.69) is 42.9 Å². The Morgan fingerprint density at radius 1 is 1.47 bits per heavy atom. The van der Waals surface area contributed by atoms with E-state index in [4.69, 9.17) is 0 Å². The molecule has 0 spiro atoms. The molecule has 1 heterocycles. The Balaban J connectivity index is 2.60. The molecule has 0 saturated heterocycles. The van der Waals surface area contributed by atoms with Gasteiger partial charge in [0.15, 0.2) is 0 Å². The topological polar surface area (TPSA) is 52.1 Å². The Hall–Kier alpha value is -0.870. The van der Waals surface area contributed by atoms with Crippen molar-refractivity contribution in [2.75, 3.05) is 13.6 Å². The molecule has 0 aliphatic heterocycles. The van der Waals surface area contributed by atoms with Gasteiger partial charge in [0, 0.05) is 29.8 Å². The third kappa shape index (κ3) is 4.48. The van der Waals surface area contributed by atoms with Gasteiger partial charge in [-0.3, -0.25) is 5.10 Å². The number of hydrogen-bond donors (Lipinski definition) is 2. The van der Waals surface area contributed by atoms with Gasteiger partial charge in [-0.2, -0.15) is 5.10 Å². The highest BCUT2D eigenvalue weighted by Gasteiger charge is 2.20. The van der Waals surface area contributed by atoms with E-state index >= 15 is 0 Å². The summed E-state index contributed by atoms with van der Waals surface area (Å²) in [5, 5.41) is 16.5. The van der Waals surface area contributed by atoms with E-state index in [1.165, 1.54) is 11.3 Å². The van der Waals surface area contributed by atoms with Gasteiger partial charge in [-0.25, -0.2) is 0 Å². The zero-order valence-corrected chi connectivity index (χ0v) is 11.6. The first-order chi connectivity index (χ1) is 7.80. The maximum Gasteiger partial charge on any atom is 0.0535 e. The summed E-state index contributed by atoms with van der Waals surface area (Å²) in [7, 11) is 2.07. The fraction of sp³-hybridized carbons (Fsp3) is 0.769. The van der Waals surface area contributed by atoms with Crippen LogP contribution in [-0.2, 0) is 12.0 Å². The summed E-state index contributed by atoms with van der Waals surface area (Å²) in [6.45, 7) is 10.1. The smallest absolute Gasteiger partial charge is 0.0535 e. The standard InChI is InChI=1S/C13H25N3O/c1-10(17)6-7-16(5)9-11-8-14-15-12(11)13(2,3)4/h8,10,17H,6-7,9H2,1-5H3,(H,14,15). The van der Waals surface area contributed by atoms with Crippen LogP contribution in [0, 0.1) is 0 Å². The summed E-state index contributed by atoms with van der Waals surface area (Å²) >= 11 is 0. The van der Waals surface area contributed by atoms with Crippen LogP contribution in [0.5, 0.6) is 0 Å². The normalized spacial score (nSPS) is 14.3. The molecule has 0 aliphatic carbocycles. The summed E-state index contributed by atoms with van der Waals surface area (Å²) in [5.74, 6) is 0. The van der Waals surface area contributed by atoms with Gasteiger partial charge in [0.2, 0.25) is 0 Å². The maximum absolute atomic E-state index is 9.27. The number of aromatic nitrogens is 2. The molecule has 0 amide bonds. The summed E-state index contributed by atoms with van der Waals surface area (Å²) in [4.78, 5) is 2.22. The predicted molar refractivity (Wildman–Crippen MR) is 69.9 cm³/mol. The van der Waals surface area contributed by atoms with Gasteiger partial charge in [-0.15, -0.1) is 0 Å². The van der Waals surface area contributed by atoms with Gasteiger partial charge in [-0.1, -0.05) is 20.8 Å². The van der Waals surface area contributed by atoms with Crippen molar-refractivity contribution in [3.63, 3.8) is 0 Å². The molecule has 4 nitrogen and oxygen atoms in total.